The van der Waals surface area contributed by atoms with E-state index in [2.05, 4.69) is 25.9 Å². The van der Waals surface area contributed by atoms with Crippen molar-refractivity contribution >= 4 is 0 Å². The van der Waals surface area contributed by atoms with Gasteiger partial charge >= 0.3 is 0 Å². The normalized spacial score (nSPS) is 27.8. The van der Waals surface area contributed by atoms with Gasteiger partial charge in [-0.25, -0.2) is 8.78 Å². The van der Waals surface area contributed by atoms with E-state index in [4.69, 9.17) is 0 Å². The predicted molar refractivity (Wildman–Crippen MR) is 74.1 cm³/mol. The van der Waals surface area contributed by atoms with Crippen LogP contribution in [-0.2, 0) is 6.42 Å². The fourth-order valence-corrected chi connectivity index (χ4v) is 3.17. The maximum atomic E-state index is 13.3. The molecule has 0 unspecified atom stereocenters. The topological polar surface area (TPSA) is 3.24 Å². The molecule has 0 spiro atoms. The van der Waals surface area contributed by atoms with Gasteiger partial charge in [0, 0.05) is 11.6 Å². The average Bonchev–Trinajstić information content (AvgIpc) is 2.31. The van der Waals surface area contributed by atoms with Crippen molar-refractivity contribution < 1.29 is 8.78 Å². The molecule has 0 radical (unpaired) electrons. The number of nitrogens with zero attached hydrogens (tertiary/aromatic N) is 1. The molecule has 0 bridgehead atoms. The summed E-state index contributed by atoms with van der Waals surface area (Å²) in [5, 5.41) is 0. The first kappa shape index (κ1) is 14.4. The summed E-state index contributed by atoms with van der Waals surface area (Å²) in [4.78, 5) is 2.24. The molecule has 1 aromatic rings. The fraction of sp³-hybridized carbons (Fsp3) is 0.625. The van der Waals surface area contributed by atoms with E-state index < -0.39 is 11.6 Å². The van der Waals surface area contributed by atoms with Crippen LogP contribution in [0.3, 0.4) is 0 Å². The zero-order valence-electron chi connectivity index (χ0n) is 12.0. The van der Waals surface area contributed by atoms with Crippen molar-refractivity contribution in [1.29, 1.82) is 0 Å². The highest BCUT2D eigenvalue weighted by molar-refractivity contribution is 5.21. The van der Waals surface area contributed by atoms with Crippen LogP contribution in [0.4, 0.5) is 8.78 Å². The van der Waals surface area contributed by atoms with Gasteiger partial charge in [-0.1, -0.05) is 6.92 Å². The molecule has 1 nitrogen and oxygen atoms in total. The third-order valence-corrected chi connectivity index (χ3v) is 4.61. The molecule has 1 aromatic carbocycles. The molecule has 0 saturated heterocycles. The summed E-state index contributed by atoms with van der Waals surface area (Å²) in [5.41, 5.74) is 0.813. The maximum Gasteiger partial charge on any atom is 0.126 e. The van der Waals surface area contributed by atoms with Crippen molar-refractivity contribution in [2.24, 2.45) is 5.92 Å². The molecule has 1 fully saturated rings. The summed E-state index contributed by atoms with van der Waals surface area (Å²) in [7, 11) is 4.15. The lowest BCUT2D eigenvalue weighted by molar-refractivity contribution is 0.0828. The van der Waals surface area contributed by atoms with Crippen LogP contribution in [0.2, 0.25) is 0 Å². The highest BCUT2D eigenvalue weighted by Crippen LogP contribution is 2.37. The van der Waals surface area contributed by atoms with Crippen molar-refractivity contribution in [3.63, 3.8) is 0 Å². The Hall–Kier alpha value is -0.960. The van der Waals surface area contributed by atoms with Crippen LogP contribution in [0.5, 0.6) is 0 Å². The van der Waals surface area contributed by atoms with Crippen molar-refractivity contribution in [1.82, 2.24) is 4.90 Å². The molecule has 3 heteroatoms. The summed E-state index contributed by atoms with van der Waals surface area (Å²) in [6.07, 6.45) is 5.30. The number of hydrogen-bond acceptors (Lipinski definition) is 1. The van der Waals surface area contributed by atoms with Crippen molar-refractivity contribution in [3.05, 3.63) is 35.4 Å². The van der Waals surface area contributed by atoms with Crippen LogP contribution >= 0.6 is 0 Å². The lowest BCUT2D eigenvalue weighted by Crippen LogP contribution is -2.48. The van der Waals surface area contributed by atoms with E-state index in [1.807, 2.05) is 0 Å². The summed E-state index contributed by atoms with van der Waals surface area (Å²) >= 11 is 0. The summed E-state index contributed by atoms with van der Waals surface area (Å²) in [6, 6.07) is 3.87. The molecule has 1 saturated carbocycles. The van der Waals surface area contributed by atoms with E-state index in [-0.39, 0.29) is 5.54 Å². The number of likely N-dealkylation sites (N-methyl/N-ethyl adjacent to an activating group) is 1. The first-order valence-electron chi connectivity index (χ1n) is 7.04. The first-order valence-corrected chi connectivity index (χ1v) is 7.04. The molecule has 2 rings (SSSR count). The van der Waals surface area contributed by atoms with Crippen molar-refractivity contribution in [2.75, 3.05) is 14.1 Å². The van der Waals surface area contributed by atoms with E-state index in [1.54, 1.807) is 0 Å². The highest BCUT2D eigenvalue weighted by atomic mass is 19.1. The second-order valence-corrected chi connectivity index (χ2v) is 6.26. The van der Waals surface area contributed by atoms with Crippen LogP contribution in [0.25, 0.3) is 0 Å². The fourth-order valence-electron chi connectivity index (χ4n) is 3.17. The smallest absolute Gasteiger partial charge is 0.126 e. The molecular formula is C16H23F2N. The predicted octanol–water partition coefficient (Wildman–Crippen LogP) is 4.02. The summed E-state index contributed by atoms with van der Waals surface area (Å²) in [5.74, 6) is -0.196. The van der Waals surface area contributed by atoms with Crippen LogP contribution in [0.1, 0.15) is 38.2 Å². The summed E-state index contributed by atoms with van der Waals surface area (Å²) < 4.78 is 26.6. The van der Waals surface area contributed by atoms with Gasteiger partial charge in [0.05, 0.1) is 0 Å². The molecule has 0 heterocycles. The lowest BCUT2D eigenvalue weighted by atomic mass is 9.73. The molecule has 1 aliphatic carbocycles. The van der Waals surface area contributed by atoms with Gasteiger partial charge in [-0.15, -0.1) is 0 Å². The molecule has 1 aliphatic rings. The molecule has 0 amide bonds. The Morgan fingerprint density at radius 2 is 1.63 bits per heavy atom. The molecule has 19 heavy (non-hydrogen) atoms. The minimum absolute atomic E-state index is 0.0484. The standard InChI is InChI=1S/C16H23F2N/c1-12-4-6-16(7-5-12,19(2)3)11-13-8-14(17)10-15(18)9-13/h8-10,12H,4-7,11H2,1-3H3. The zero-order chi connectivity index (χ0) is 14.0. The Balaban J connectivity index is 2.21. The SMILES string of the molecule is CC1CCC(Cc2cc(F)cc(F)c2)(N(C)C)CC1. The van der Waals surface area contributed by atoms with E-state index >= 15 is 0 Å². The van der Waals surface area contributed by atoms with Gasteiger partial charge < -0.3 is 4.90 Å². The largest absolute Gasteiger partial charge is 0.303 e. The molecule has 0 aromatic heterocycles. The quantitative estimate of drug-likeness (QED) is 0.799. The molecule has 0 N–H and O–H groups in total. The molecule has 0 atom stereocenters. The Kier molecular flexibility index (Phi) is 4.24. The Labute approximate surface area is 114 Å². The Morgan fingerprint density at radius 3 is 2.11 bits per heavy atom. The van der Waals surface area contributed by atoms with Crippen molar-refractivity contribution in [3.8, 4) is 0 Å². The van der Waals surface area contributed by atoms with Crippen LogP contribution in [0.15, 0.2) is 18.2 Å². The molecular weight excluding hydrogens is 244 g/mol. The van der Waals surface area contributed by atoms with Gasteiger partial charge in [-0.05, 0) is 69.8 Å². The Bertz CT molecular complexity index is 414. The van der Waals surface area contributed by atoms with Crippen LogP contribution in [-0.4, -0.2) is 24.5 Å². The first-order chi connectivity index (χ1) is 8.91. The van der Waals surface area contributed by atoms with E-state index in [9.17, 15) is 8.78 Å². The maximum absolute atomic E-state index is 13.3. The van der Waals surface area contributed by atoms with E-state index in [1.165, 1.54) is 25.0 Å². The zero-order valence-corrected chi connectivity index (χ0v) is 12.0. The summed E-state index contributed by atoms with van der Waals surface area (Å²) in [6.45, 7) is 2.28. The minimum atomic E-state index is -0.479. The van der Waals surface area contributed by atoms with E-state index in [0.29, 0.717) is 0 Å². The highest BCUT2D eigenvalue weighted by Gasteiger charge is 2.36. The molecule has 0 aliphatic heterocycles. The second-order valence-electron chi connectivity index (χ2n) is 6.26. The number of hydrogen-bond donors (Lipinski definition) is 0. The van der Waals surface area contributed by atoms with Gasteiger partial charge in [0.15, 0.2) is 0 Å². The van der Waals surface area contributed by atoms with E-state index in [0.717, 1.165) is 36.8 Å². The Morgan fingerprint density at radius 1 is 1.11 bits per heavy atom. The van der Waals surface area contributed by atoms with Crippen molar-refractivity contribution in [2.45, 2.75) is 44.6 Å². The minimum Gasteiger partial charge on any atom is -0.303 e. The number of benzene rings is 1. The van der Waals surface area contributed by atoms with Gasteiger partial charge in [0.2, 0.25) is 0 Å². The van der Waals surface area contributed by atoms with Gasteiger partial charge in [-0.2, -0.15) is 0 Å². The van der Waals surface area contributed by atoms with Crippen LogP contribution in [0, 0.1) is 17.6 Å². The number of halogens is 2. The van der Waals surface area contributed by atoms with Crippen LogP contribution < -0.4 is 0 Å². The second kappa shape index (κ2) is 5.58. The monoisotopic (exact) mass is 267 g/mol. The van der Waals surface area contributed by atoms with Gasteiger partial charge in [0.1, 0.15) is 11.6 Å². The third-order valence-electron chi connectivity index (χ3n) is 4.61. The molecule has 106 valence electrons. The average molecular weight is 267 g/mol. The lowest BCUT2D eigenvalue weighted by Gasteiger charge is -2.45. The number of rotatable bonds is 3. The van der Waals surface area contributed by atoms with Gasteiger partial charge in [-0.3, -0.25) is 0 Å². The third kappa shape index (κ3) is 3.33. The van der Waals surface area contributed by atoms with Gasteiger partial charge in [0.25, 0.3) is 0 Å².